The van der Waals surface area contributed by atoms with Gasteiger partial charge >= 0.3 is 0 Å². The maximum atomic E-state index is 7.56. The van der Waals surface area contributed by atoms with E-state index >= 15 is 0 Å². The van der Waals surface area contributed by atoms with E-state index in [1.807, 2.05) is 0 Å². The minimum absolute atomic E-state index is 0.0746. The van der Waals surface area contributed by atoms with Crippen molar-refractivity contribution in [3.8, 4) is 5.75 Å². The van der Waals surface area contributed by atoms with Crippen molar-refractivity contribution in [1.29, 1.82) is 0 Å². The zero-order chi connectivity index (χ0) is 24.6. The van der Waals surface area contributed by atoms with Crippen molar-refractivity contribution in [3.63, 3.8) is 0 Å². The van der Waals surface area contributed by atoms with Gasteiger partial charge in [-0.2, -0.15) is 0 Å². The molecule has 2 aliphatic rings. The van der Waals surface area contributed by atoms with E-state index in [-0.39, 0.29) is 11.5 Å². The first kappa shape index (κ1) is 23.1. The van der Waals surface area contributed by atoms with E-state index in [1.54, 1.807) is 7.11 Å². The molecule has 1 saturated carbocycles. The molecular weight excluding hydrogens is 440 g/mol. The molecule has 3 atom stereocenters. The highest BCUT2D eigenvalue weighted by atomic mass is 16.5. The fraction of sp³-hybridized carbons (Fsp3) is 0.294. The maximum absolute atomic E-state index is 7.56. The number of methoxy groups -OCH3 is 1. The van der Waals surface area contributed by atoms with Crippen molar-refractivity contribution in [3.05, 3.63) is 137 Å². The van der Waals surface area contributed by atoms with Crippen LogP contribution in [0.25, 0.3) is 0 Å². The van der Waals surface area contributed by atoms with Crippen LogP contribution < -0.4 is 4.74 Å². The lowest BCUT2D eigenvalue weighted by Gasteiger charge is -2.46. The number of hydrogen-bond donors (Lipinski definition) is 0. The summed E-state index contributed by atoms with van der Waals surface area (Å²) >= 11 is 0. The van der Waals surface area contributed by atoms with E-state index in [1.165, 1.54) is 27.8 Å². The maximum Gasteiger partial charge on any atom is 0.144 e. The van der Waals surface area contributed by atoms with Gasteiger partial charge in [0.2, 0.25) is 0 Å². The van der Waals surface area contributed by atoms with Crippen LogP contribution in [0.15, 0.2) is 109 Å². The van der Waals surface area contributed by atoms with Crippen LogP contribution in [-0.4, -0.2) is 13.2 Å². The van der Waals surface area contributed by atoms with Crippen molar-refractivity contribution in [2.24, 2.45) is 5.41 Å². The molecule has 4 aromatic carbocycles. The van der Waals surface area contributed by atoms with Gasteiger partial charge in [-0.1, -0.05) is 104 Å². The van der Waals surface area contributed by atoms with Crippen LogP contribution in [-0.2, 0) is 16.8 Å². The van der Waals surface area contributed by atoms with Crippen LogP contribution in [0.4, 0.5) is 0 Å². The summed E-state index contributed by atoms with van der Waals surface area (Å²) in [4.78, 5) is 0. The first-order chi connectivity index (χ1) is 17.6. The van der Waals surface area contributed by atoms with Crippen molar-refractivity contribution < 1.29 is 9.47 Å². The SMILES string of the molecule is COc1ccc2c(c1)CC[C@]1(C)[C@@H](OC(c3ccccc3)(c3ccccc3)c3ccccc3)CC[C@@H]21. The molecule has 0 spiro atoms. The molecule has 6 rings (SSSR count). The molecule has 0 saturated heterocycles. The standard InChI is InChI=1S/C34H34O2/c1-33-23-22-25-24-29(35-2)18-19-30(25)31(33)20-21-32(33)36-34(26-12-6-3-7-13-26,27-14-8-4-9-15-27)28-16-10-5-11-17-28/h3-19,24,31-32H,20-23H2,1-2H3/t31-,32-,33-/m0/s1. The van der Waals surface area contributed by atoms with Crippen molar-refractivity contribution in [1.82, 2.24) is 0 Å². The third-order valence-electron chi connectivity index (χ3n) is 8.77. The molecule has 1 fully saturated rings. The molecule has 2 aliphatic carbocycles. The molecule has 2 nitrogen and oxygen atoms in total. The third kappa shape index (κ3) is 3.67. The predicted molar refractivity (Wildman–Crippen MR) is 145 cm³/mol. The fourth-order valence-electron chi connectivity index (χ4n) is 6.85. The minimum atomic E-state index is -0.674. The Kier molecular flexibility index (Phi) is 5.93. The van der Waals surface area contributed by atoms with Gasteiger partial charge in [0.15, 0.2) is 0 Å². The van der Waals surface area contributed by atoms with Gasteiger partial charge in [0.25, 0.3) is 0 Å². The van der Waals surface area contributed by atoms with Gasteiger partial charge in [-0.3, -0.25) is 0 Å². The highest BCUT2D eigenvalue weighted by molar-refractivity contribution is 5.48. The Hall–Kier alpha value is -3.36. The van der Waals surface area contributed by atoms with E-state index in [9.17, 15) is 0 Å². The summed E-state index contributed by atoms with van der Waals surface area (Å²) in [7, 11) is 1.75. The number of aryl methyl sites for hydroxylation is 1. The van der Waals surface area contributed by atoms with Crippen LogP contribution in [0.5, 0.6) is 5.75 Å². The monoisotopic (exact) mass is 474 g/mol. The summed E-state index contributed by atoms with van der Waals surface area (Å²) in [6.07, 6.45) is 4.53. The van der Waals surface area contributed by atoms with E-state index in [0.29, 0.717) is 5.92 Å². The van der Waals surface area contributed by atoms with Crippen LogP contribution in [0, 0.1) is 5.41 Å². The number of fused-ring (bicyclic) bond motifs is 3. The largest absolute Gasteiger partial charge is 0.497 e. The highest BCUT2D eigenvalue weighted by Crippen LogP contribution is 2.59. The molecule has 4 aromatic rings. The van der Waals surface area contributed by atoms with Gasteiger partial charge in [0.1, 0.15) is 11.4 Å². The Bertz CT molecular complexity index is 1220. The smallest absolute Gasteiger partial charge is 0.144 e. The molecule has 0 radical (unpaired) electrons. The number of hydrogen-bond acceptors (Lipinski definition) is 2. The van der Waals surface area contributed by atoms with Crippen LogP contribution in [0.3, 0.4) is 0 Å². The molecule has 0 unspecified atom stereocenters. The Morgan fingerprint density at radius 1 is 0.722 bits per heavy atom. The van der Waals surface area contributed by atoms with E-state index < -0.39 is 5.60 Å². The normalized spacial score (nSPS) is 23.1. The lowest BCUT2D eigenvalue weighted by atomic mass is 9.65. The summed E-state index contributed by atoms with van der Waals surface area (Å²) in [5, 5.41) is 0. The second-order valence-electron chi connectivity index (χ2n) is 10.6. The zero-order valence-electron chi connectivity index (χ0n) is 21.2. The average molecular weight is 475 g/mol. The lowest BCUT2D eigenvalue weighted by molar-refractivity contribution is -0.0979. The molecule has 0 aromatic heterocycles. The molecule has 0 aliphatic heterocycles. The van der Waals surface area contributed by atoms with Crippen molar-refractivity contribution in [2.75, 3.05) is 7.11 Å². The van der Waals surface area contributed by atoms with Gasteiger partial charge in [-0.25, -0.2) is 0 Å². The quantitative estimate of drug-likeness (QED) is 0.264. The van der Waals surface area contributed by atoms with E-state index in [0.717, 1.165) is 31.4 Å². The third-order valence-corrected chi connectivity index (χ3v) is 8.77. The molecule has 0 N–H and O–H groups in total. The molecule has 0 amide bonds. The van der Waals surface area contributed by atoms with Crippen LogP contribution in [0.1, 0.15) is 59.9 Å². The Morgan fingerprint density at radius 3 is 1.81 bits per heavy atom. The van der Waals surface area contributed by atoms with Gasteiger partial charge in [-0.15, -0.1) is 0 Å². The number of rotatable bonds is 6. The van der Waals surface area contributed by atoms with E-state index in [2.05, 4.69) is 116 Å². The highest BCUT2D eigenvalue weighted by Gasteiger charge is 2.53. The molecule has 0 bridgehead atoms. The van der Waals surface area contributed by atoms with Gasteiger partial charge in [-0.05, 0) is 71.6 Å². The number of ether oxygens (including phenoxy) is 2. The minimum Gasteiger partial charge on any atom is -0.497 e. The Balaban J connectivity index is 1.47. The summed E-state index contributed by atoms with van der Waals surface area (Å²) < 4.78 is 13.1. The fourth-order valence-corrected chi connectivity index (χ4v) is 6.85. The first-order valence-electron chi connectivity index (χ1n) is 13.2. The predicted octanol–water partition coefficient (Wildman–Crippen LogP) is 7.90. The Labute approximate surface area is 214 Å². The lowest BCUT2D eigenvalue weighted by Crippen LogP contribution is -2.44. The summed E-state index contributed by atoms with van der Waals surface area (Å²) in [6.45, 7) is 2.47. The van der Waals surface area contributed by atoms with Crippen LogP contribution in [0.2, 0.25) is 0 Å². The molecule has 0 heterocycles. The second-order valence-corrected chi connectivity index (χ2v) is 10.6. The Morgan fingerprint density at radius 2 is 1.28 bits per heavy atom. The van der Waals surface area contributed by atoms with Crippen molar-refractivity contribution in [2.45, 2.75) is 50.2 Å². The van der Waals surface area contributed by atoms with Crippen LogP contribution >= 0.6 is 0 Å². The number of benzene rings is 4. The molecule has 36 heavy (non-hydrogen) atoms. The van der Waals surface area contributed by atoms with Gasteiger partial charge in [0, 0.05) is 5.41 Å². The topological polar surface area (TPSA) is 18.5 Å². The zero-order valence-corrected chi connectivity index (χ0v) is 21.2. The second kappa shape index (κ2) is 9.26. The molecule has 2 heteroatoms. The summed E-state index contributed by atoms with van der Waals surface area (Å²) in [5.41, 5.74) is 5.86. The van der Waals surface area contributed by atoms with Crippen molar-refractivity contribution >= 4 is 0 Å². The molecular formula is C34H34O2. The van der Waals surface area contributed by atoms with Gasteiger partial charge in [0.05, 0.1) is 13.2 Å². The summed E-state index contributed by atoms with van der Waals surface area (Å²) in [5.74, 6) is 1.46. The summed E-state index contributed by atoms with van der Waals surface area (Å²) in [6, 6.07) is 39.0. The van der Waals surface area contributed by atoms with Gasteiger partial charge < -0.3 is 9.47 Å². The first-order valence-corrected chi connectivity index (χ1v) is 13.2. The molecule has 182 valence electrons. The average Bonchev–Trinajstić information content (AvgIpc) is 3.28. The van der Waals surface area contributed by atoms with E-state index in [4.69, 9.17) is 9.47 Å².